The Kier molecular flexibility index (Phi) is 6.01. The third-order valence-electron chi connectivity index (χ3n) is 5.05. The maximum atomic E-state index is 13.1. The molecule has 4 aromatic rings. The highest BCUT2D eigenvalue weighted by atomic mass is 35.5. The molecule has 0 atom stereocenters. The van der Waals surface area contributed by atoms with E-state index < -0.39 is 10.0 Å². The summed E-state index contributed by atoms with van der Waals surface area (Å²) in [5.74, 6) is 0.848. The van der Waals surface area contributed by atoms with Crippen molar-refractivity contribution in [2.24, 2.45) is 0 Å². The minimum absolute atomic E-state index is 0.116. The molecule has 0 aliphatic heterocycles. The van der Waals surface area contributed by atoms with E-state index in [2.05, 4.69) is 9.71 Å². The van der Waals surface area contributed by atoms with Gasteiger partial charge in [-0.15, -0.1) is 0 Å². The van der Waals surface area contributed by atoms with Crippen LogP contribution in [-0.2, 0) is 10.0 Å². The number of hydrogen-bond acceptors (Lipinski definition) is 6. The Labute approximate surface area is 195 Å². The third kappa shape index (κ3) is 4.24. The van der Waals surface area contributed by atoms with Crippen LogP contribution in [0.15, 0.2) is 70.4 Å². The first kappa shape index (κ1) is 22.6. The van der Waals surface area contributed by atoms with Crippen LogP contribution >= 0.6 is 11.6 Å². The zero-order chi connectivity index (χ0) is 23.8. The normalized spacial score (nSPS) is 11.4. The van der Waals surface area contributed by atoms with Crippen LogP contribution in [0.4, 0.5) is 5.69 Å². The van der Waals surface area contributed by atoms with E-state index in [1.165, 1.54) is 43.1 Å². The maximum Gasteiger partial charge on any atom is 0.265 e. The standard InChI is InChI=1S/C23H20ClN3O5S/c1-14-25-18-7-5-4-6-17(18)23(28)27(14)16-9-10-19(21(13-16)32-3)26-33(29,30)22-12-15(24)8-11-20(22)31-2/h4-13,26H,1-3H3. The molecule has 0 fully saturated rings. The largest absolute Gasteiger partial charge is 0.495 e. The number of para-hydroxylation sites is 1. The molecule has 170 valence electrons. The average molecular weight is 486 g/mol. The second-order valence-corrected chi connectivity index (χ2v) is 9.19. The Hall–Kier alpha value is -3.56. The first-order chi connectivity index (χ1) is 15.7. The number of nitrogens with one attached hydrogen (secondary N) is 1. The predicted octanol–water partition coefficient (Wildman–Crippen LogP) is 4.17. The minimum atomic E-state index is -4.05. The molecule has 0 unspecified atom stereocenters. The highest BCUT2D eigenvalue weighted by molar-refractivity contribution is 7.92. The average Bonchev–Trinajstić information content (AvgIpc) is 2.79. The summed E-state index contributed by atoms with van der Waals surface area (Å²) in [6.07, 6.45) is 0. The van der Waals surface area contributed by atoms with Crippen LogP contribution in [0.1, 0.15) is 5.82 Å². The van der Waals surface area contributed by atoms with Gasteiger partial charge in [-0.05, 0) is 49.4 Å². The Morgan fingerprint density at radius 3 is 2.42 bits per heavy atom. The minimum Gasteiger partial charge on any atom is -0.495 e. The van der Waals surface area contributed by atoms with E-state index >= 15 is 0 Å². The first-order valence-electron chi connectivity index (χ1n) is 9.78. The quantitative estimate of drug-likeness (QED) is 0.440. The molecule has 8 nitrogen and oxygen atoms in total. The van der Waals surface area contributed by atoms with Gasteiger partial charge in [-0.3, -0.25) is 14.1 Å². The molecule has 0 spiro atoms. The van der Waals surface area contributed by atoms with Crippen LogP contribution in [0.5, 0.6) is 11.5 Å². The molecule has 33 heavy (non-hydrogen) atoms. The number of anilines is 1. The van der Waals surface area contributed by atoms with Crippen LogP contribution < -0.4 is 19.8 Å². The fourth-order valence-electron chi connectivity index (χ4n) is 3.51. The number of nitrogens with zero attached hydrogens (tertiary/aromatic N) is 2. The number of methoxy groups -OCH3 is 2. The van der Waals surface area contributed by atoms with Crippen LogP contribution in [0, 0.1) is 6.92 Å². The summed E-state index contributed by atoms with van der Waals surface area (Å²) < 4.78 is 40.6. The van der Waals surface area contributed by atoms with Crippen LogP contribution in [0.3, 0.4) is 0 Å². The summed E-state index contributed by atoms with van der Waals surface area (Å²) in [5, 5.41) is 0.719. The predicted molar refractivity (Wildman–Crippen MR) is 127 cm³/mol. The maximum absolute atomic E-state index is 13.1. The number of sulfonamides is 1. The second-order valence-electron chi connectivity index (χ2n) is 7.10. The van der Waals surface area contributed by atoms with Crippen molar-refractivity contribution in [2.75, 3.05) is 18.9 Å². The van der Waals surface area contributed by atoms with Crippen molar-refractivity contribution < 1.29 is 17.9 Å². The highest BCUT2D eigenvalue weighted by Crippen LogP contribution is 2.33. The van der Waals surface area contributed by atoms with Gasteiger partial charge in [0.15, 0.2) is 0 Å². The Bertz CT molecular complexity index is 1530. The number of aromatic nitrogens is 2. The van der Waals surface area contributed by atoms with Crippen molar-refractivity contribution in [3.8, 4) is 17.2 Å². The number of benzene rings is 3. The van der Waals surface area contributed by atoms with E-state index in [1.807, 2.05) is 6.07 Å². The number of halogens is 1. The fraction of sp³-hybridized carbons (Fsp3) is 0.130. The lowest BCUT2D eigenvalue weighted by molar-refractivity contribution is 0.403. The second kappa shape index (κ2) is 8.76. The van der Waals surface area contributed by atoms with Crippen LogP contribution in [0.25, 0.3) is 16.6 Å². The van der Waals surface area contributed by atoms with E-state index in [1.54, 1.807) is 37.3 Å². The number of aryl methyl sites for hydroxylation is 1. The van der Waals surface area contributed by atoms with Gasteiger partial charge in [0.05, 0.1) is 36.5 Å². The van der Waals surface area contributed by atoms with Gasteiger partial charge in [0.25, 0.3) is 15.6 Å². The summed E-state index contributed by atoms with van der Waals surface area (Å²) in [4.78, 5) is 17.5. The van der Waals surface area contributed by atoms with Crippen molar-refractivity contribution in [1.29, 1.82) is 0 Å². The molecule has 0 aliphatic rings. The van der Waals surface area contributed by atoms with E-state index in [-0.39, 0.29) is 32.7 Å². The molecule has 1 heterocycles. The van der Waals surface area contributed by atoms with Gasteiger partial charge in [-0.25, -0.2) is 13.4 Å². The molecular weight excluding hydrogens is 466 g/mol. The Morgan fingerprint density at radius 2 is 1.70 bits per heavy atom. The molecule has 0 bridgehead atoms. The third-order valence-corrected chi connectivity index (χ3v) is 6.67. The van der Waals surface area contributed by atoms with Crippen LogP contribution in [0.2, 0.25) is 5.02 Å². The Balaban J connectivity index is 1.79. The van der Waals surface area contributed by atoms with Gasteiger partial charge in [0.2, 0.25) is 0 Å². The van der Waals surface area contributed by atoms with Gasteiger partial charge < -0.3 is 9.47 Å². The van der Waals surface area contributed by atoms with Gasteiger partial charge in [0.1, 0.15) is 22.2 Å². The lowest BCUT2D eigenvalue weighted by Gasteiger charge is -2.16. The lowest BCUT2D eigenvalue weighted by Crippen LogP contribution is -2.22. The summed E-state index contributed by atoms with van der Waals surface area (Å²) in [5.41, 5.74) is 1.03. The molecule has 0 saturated heterocycles. The SMILES string of the molecule is COc1cc(-n2c(C)nc3ccccc3c2=O)ccc1NS(=O)(=O)c1cc(Cl)ccc1OC. The van der Waals surface area contributed by atoms with Gasteiger partial charge in [-0.2, -0.15) is 0 Å². The summed E-state index contributed by atoms with van der Waals surface area (Å²) in [6.45, 7) is 1.72. The van der Waals surface area contributed by atoms with Crippen molar-refractivity contribution in [1.82, 2.24) is 9.55 Å². The molecule has 0 aliphatic carbocycles. The molecule has 10 heteroatoms. The van der Waals surface area contributed by atoms with E-state index in [4.69, 9.17) is 21.1 Å². The summed E-state index contributed by atoms with van der Waals surface area (Å²) in [7, 11) is -1.28. The molecule has 4 rings (SSSR count). The van der Waals surface area contributed by atoms with E-state index in [0.29, 0.717) is 22.4 Å². The molecular formula is C23H20ClN3O5S. The van der Waals surface area contributed by atoms with Crippen molar-refractivity contribution in [3.05, 3.63) is 81.9 Å². The van der Waals surface area contributed by atoms with Crippen molar-refractivity contribution >= 4 is 38.2 Å². The number of hydrogen-bond donors (Lipinski definition) is 1. The zero-order valence-corrected chi connectivity index (χ0v) is 19.6. The first-order valence-corrected chi connectivity index (χ1v) is 11.6. The summed E-state index contributed by atoms with van der Waals surface area (Å²) >= 11 is 5.99. The van der Waals surface area contributed by atoms with Gasteiger partial charge in [-0.1, -0.05) is 23.7 Å². The molecule has 0 amide bonds. The monoisotopic (exact) mass is 485 g/mol. The molecule has 1 aromatic heterocycles. The number of ether oxygens (including phenoxy) is 2. The molecule has 3 aromatic carbocycles. The van der Waals surface area contributed by atoms with Gasteiger partial charge in [0, 0.05) is 11.1 Å². The fourth-order valence-corrected chi connectivity index (χ4v) is 5.01. The smallest absolute Gasteiger partial charge is 0.265 e. The van der Waals surface area contributed by atoms with Crippen molar-refractivity contribution in [2.45, 2.75) is 11.8 Å². The summed E-state index contributed by atoms with van der Waals surface area (Å²) in [6, 6.07) is 16.1. The van der Waals surface area contributed by atoms with E-state index in [0.717, 1.165) is 0 Å². The Morgan fingerprint density at radius 1 is 0.970 bits per heavy atom. The van der Waals surface area contributed by atoms with Crippen LogP contribution in [-0.4, -0.2) is 32.2 Å². The highest BCUT2D eigenvalue weighted by Gasteiger charge is 2.22. The molecule has 0 saturated carbocycles. The lowest BCUT2D eigenvalue weighted by atomic mass is 10.2. The molecule has 1 N–H and O–H groups in total. The number of rotatable bonds is 6. The molecule has 0 radical (unpaired) electrons. The zero-order valence-electron chi connectivity index (χ0n) is 18.0. The topological polar surface area (TPSA) is 99.5 Å². The van der Waals surface area contributed by atoms with Gasteiger partial charge >= 0.3 is 0 Å². The van der Waals surface area contributed by atoms with Crippen molar-refractivity contribution in [3.63, 3.8) is 0 Å². The number of fused-ring (bicyclic) bond motifs is 1. The van der Waals surface area contributed by atoms with E-state index in [9.17, 15) is 13.2 Å².